The van der Waals surface area contributed by atoms with Crippen LogP contribution in [0.1, 0.15) is 18.2 Å². The molecule has 0 aliphatic carbocycles. The van der Waals surface area contributed by atoms with E-state index in [1.54, 1.807) is 7.11 Å². The Balaban J connectivity index is 1.76. The Hall–Kier alpha value is -1.82. The number of rotatable bonds is 3. The quantitative estimate of drug-likeness (QED) is 0.767. The number of fused-ring (bicyclic) bond motifs is 1. The van der Waals surface area contributed by atoms with Gasteiger partial charge in [0.15, 0.2) is 5.11 Å². The van der Waals surface area contributed by atoms with Crippen LogP contribution in [0.2, 0.25) is 5.02 Å². The number of ether oxygens (including phenoxy) is 1. The zero-order valence-corrected chi connectivity index (χ0v) is 14.9. The summed E-state index contributed by atoms with van der Waals surface area (Å²) in [5, 5.41) is 6.12. The lowest BCUT2D eigenvalue weighted by molar-refractivity contribution is 0.0923. The molecule has 1 atom stereocenters. The van der Waals surface area contributed by atoms with Crippen molar-refractivity contribution in [3.8, 4) is 5.75 Å². The van der Waals surface area contributed by atoms with Crippen molar-refractivity contribution in [2.75, 3.05) is 25.1 Å². The van der Waals surface area contributed by atoms with Crippen molar-refractivity contribution >= 4 is 34.6 Å². The van der Waals surface area contributed by atoms with Crippen molar-refractivity contribution in [1.82, 2.24) is 10.0 Å². The molecule has 0 spiro atoms. The van der Waals surface area contributed by atoms with Gasteiger partial charge < -0.3 is 4.74 Å². The van der Waals surface area contributed by atoms with Gasteiger partial charge in [-0.1, -0.05) is 23.7 Å². The number of hydrogen-bond acceptors (Lipinski definition) is 3. The minimum absolute atomic E-state index is 0.0621. The Bertz CT molecular complexity index is 750. The number of methoxy groups -OCH3 is 1. The van der Waals surface area contributed by atoms with E-state index in [4.69, 9.17) is 28.6 Å². The predicted molar refractivity (Wildman–Crippen MR) is 100 cm³/mol. The third kappa shape index (κ3) is 2.53. The summed E-state index contributed by atoms with van der Waals surface area (Å²) in [4.78, 5) is 2.20. The molecule has 24 heavy (non-hydrogen) atoms. The molecular formula is C18H18ClN3OS. The maximum Gasteiger partial charge on any atom is 0.192 e. The SMILES string of the molecule is COc1ccc([C@@H]2N(c3ccc(Cl)cc3)C(=S)N3CCCN23)cc1. The number of hydrogen-bond donors (Lipinski definition) is 0. The van der Waals surface area contributed by atoms with Crippen molar-refractivity contribution < 1.29 is 4.74 Å². The van der Waals surface area contributed by atoms with Crippen LogP contribution in [0.3, 0.4) is 0 Å². The largest absolute Gasteiger partial charge is 0.497 e. The van der Waals surface area contributed by atoms with Gasteiger partial charge in [0.2, 0.25) is 0 Å². The second-order valence-corrected chi connectivity index (χ2v) is 6.72. The molecule has 2 aromatic carbocycles. The van der Waals surface area contributed by atoms with Gasteiger partial charge in [0.05, 0.1) is 7.11 Å². The van der Waals surface area contributed by atoms with E-state index in [0.717, 1.165) is 41.1 Å². The second kappa shape index (κ2) is 6.24. The second-order valence-electron chi connectivity index (χ2n) is 5.92. The highest BCUT2D eigenvalue weighted by Gasteiger charge is 2.45. The van der Waals surface area contributed by atoms with Crippen molar-refractivity contribution in [2.45, 2.75) is 12.6 Å². The van der Waals surface area contributed by atoms with Gasteiger partial charge in [0, 0.05) is 23.8 Å². The van der Waals surface area contributed by atoms with Gasteiger partial charge >= 0.3 is 0 Å². The number of benzene rings is 2. The van der Waals surface area contributed by atoms with Crippen LogP contribution in [-0.4, -0.2) is 35.3 Å². The number of thiocarbonyl (C=S) groups is 1. The van der Waals surface area contributed by atoms with Gasteiger partial charge in [-0.25, -0.2) is 0 Å². The molecule has 2 heterocycles. The first-order valence-electron chi connectivity index (χ1n) is 7.96. The lowest BCUT2D eigenvalue weighted by Crippen LogP contribution is -2.32. The van der Waals surface area contributed by atoms with E-state index in [1.807, 2.05) is 36.4 Å². The summed E-state index contributed by atoms with van der Waals surface area (Å²) in [6, 6.07) is 16.1. The molecule has 0 unspecified atom stereocenters. The Labute approximate surface area is 152 Å². The van der Waals surface area contributed by atoms with Gasteiger partial charge in [0.1, 0.15) is 11.9 Å². The van der Waals surface area contributed by atoms with Gasteiger partial charge in [-0.05, 0) is 60.6 Å². The molecular weight excluding hydrogens is 342 g/mol. The zero-order chi connectivity index (χ0) is 16.7. The fourth-order valence-corrected chi connectivity index (χ4v) is 3.93. The lowest BCUT2D eigenvalue weighted by Gasteiger charge is -2.29. The topological polar surface area (TPSA) is 19.0 Å². The first kappa shape index (κ1) is 15.7. The van der Waals surface area contributed by atoms with E-state index in [0.29, 0.717) is 0 Å². The Morgan fingerprint density at radius 2 is 1.75 bits per heavy atom. The van der Waals surface area contributed by atoms with Crippen LogP contribution >= 0.6 is 23.8 Å². The van der Waals surface area contributed by atoms with Crippen LogP contribution in [0.25, 0.3) is 0 Å². The van der Waals surface area contributed by atoms with Gasteiger partial charge in [-0.15, -0.1) is 0 Å². The highest BCUT2D eigenvalue weighted by atomic mass is 35.5. The van der Waals surface area contributed by atoms with Crippen LogP contribution in [-0.2, 0) is 0 Å². The fourth-order valence-electron chi connectivity index (χ4n) is 3.40. The zero-order valence-electron chi connectivity index (χ0n) is 13.4. The first-order valence-corrected chi connectivity index (χ1v) is 8.74. The fraction of sp³-hybridized carbons (Fsp3) is 0.278. The maximum absolute atomic E-state index is 6.05. The summed E-state index contributed by atoms with van der Waals surface area (Å²) < 4.78 is 5.29. The average molecular weight is 360 g/mol. The predicted octanol–water partition coefficient (Wildman–Crippen LogP) is 4.08. The van der Waals surface area contributed by atoms with Crippen LogP contribution < -0.4 is 9.64 Å². The Kier molecular flexibility index (Phi) is 4.08. The van der Waals surface area contributed by atoms with E-state index >= 15 is 0 Å². The van der Waals surface area contributed by atoms with Gasteiger partial charge in [0.25, 0.3) is 0 Å². The highest BCUT2D eigenvalue weighted by molar-refractivity contribution is 7.80. The Morgan fingerprint density at radius 1 is 1.04 bits per heavy atom. The van der Waals surface area contributed by atoms with Crippen LogP contribution in [0.5, 0.6) is 5.75 Å². The van der Waals surface area contributed by atoms with E-state index in [9.17, 15) is 0 Å². The molecule has 124 valence electrons. The third-order valence-corrected chi connectivity index (χ3v) is 5.20. The van der Waals surface area contributed by atoms with Gasteiger partial charge in [-0.2, -0.15) is 5.01 Å². The Morgan fingerprint density at radius 3 is 2.42 bits per heavy atom. The smallest absolute Gasteiger partial charge is 0.192 e. The van der Waals surface area contributed by atoms with Crippen LogP contribution in [0, 0.1) is 0 Å². The van der Waals surface area contributed by atoms with Crippen molar-refractivity contribution in [3.05, 3.63) is 59.1 Å². The van der Waals surface area contributed by atoms with E-state index in [2.05, 4.69) is 27.1 Å². The molecule has 0 radical (unpaired) electrons. The summed E-state index contributed by atoms with van der Waals surface area (Å²) in [5.41, 5.74) is 2.25. The highest BCUT2D eigenvalue weighted by Crippen LogP contribution is 2.41. The number of hydrazine groups is 1. The average Bonchev–Trinajstić information content (AvgIpc) is 3.18. The number of anilines is 1. The van der Waals surface area contributed by atoms with Crippen LogP contribution in [0.4, 0.5) is 5.69 Å². The molecule has 2 fully saturated rings. The normalized spacial score (nSPS) is 20.6. The number of nitrogens with zero attached hydrogens (tertiary/aromatic N) is 3. The van der Waals surface area contributed by atoms with Gasteiger partial charge in [-0.3, -0.25) is 9.91 Å². The van der Waals surface area contributed by atoms with Crippen LogP contribution in [0.15, 0.2) is 48.5 Å². The number of halogens is 1. The third-order valence-electron chi connectivity index (χ3n) is 4.54. The summed E-state index contributed by atoms with van der Waals surface area (Å²) in [6.45, 7) is 1.97. The van der Waals surface area contributed by atoms with E-state index in [1.165, 1.54) is 5.56 Å². The monoisotopic (exact) mass is 359 g/mol. The molecule has 2 aromatic rings. The molecule has 0 saturated carbocycles. The molecule has 0 aromatic heterocycles. The summed E-state index contributed by atoms with van der Waals surface area (Å²) in [7, 11) is 1.68. The van der Waals surface area contributed by atoms with E-state index < -0.39 is 0 Å². The molecule has 0 N–H and O–H groups in total. The molecule has 4 rings (SSSR count). The maximum atomic E-state index is 6.05. The van der Waals surface area contributed by atoms with Crippen molar-refractivity contribution in [3.63, 3.8) is 0 Å². The molecule has 0 amide bonds. The van der Waals surface area contributed by atoms with E-state index in [-0.39, 0.29) is 6.17 Å². The molecule has 0 bridgehead atoms. The molecule has 2 aliphatic rings. The molecule has 6 heteroatoms. The summed E-state index contributed by atoms with van der Waals surface area (Å²) >= 11 is 11.8. The lowest BCUT2D eigenvalue weighted by atomic mass is 10.1. The first-order chi connectivity index (χ1) is 11.7. The van der Waals surface area contributed by atoms with Crippen molar-refractivity contribution in [2.24, 2.45) is 0 Å². The summed E-state index contributed by atoms with van der Waals surface area (Å²) in [6.07, 6.45) is 1.19. The minimum atomic E-state index is 0.0621. The summed E-state index contributed by atoms with van der Waals surface area (Å²) in [5.74, 6) is 0.857. The molecule has 2 aliphatic heterocycles. The molecule has 2 saturated heterocycles. The van der Waals surface area contributed by atoms with Crippen molar-refractivity contribution in [1.29, 1.82) is 0 Å². The minimum Gasteiger partial charge on any atom is -0.497 e. The molecule has 4 nitrogen and oxygen atoms in total. The standard InChI is InChI=1S/C18H18ClN3OS/c1-23-16-9-3-13(4-10-16)17-20-11-2-12-21(20)18(24)22(17)15-7-5-14(19)6-8-15/h3-10,17H,2,11-12H2,1H3/t17-/m0/s1.